The molecule has 1 aromatic rings. The summed E-state index contributed by atoms with van der Waals surface area (Å²) in [5.74, 6) is -1.06. The second-order valence-corrected chi connectivity index (χ2v) is 4.48. The maximum absolute atomic E-state index is 13.6. The van der Waals surface area contributed by atoms with Gasteiger partial charge in [0.2, 0.25) is 0 Å². The highest BCUT2D eigenvalue weighted by Gasteiger charge is 2.26. The zero-order valence-corrected chi connectivity index (χ0v) is 9.44. The molecule has 1 fully saturated rings. The van der Waals surface area contributed by atoms with Crippen molar-refractivity contribution < 1.29 is 14.0 Å². The van der Waals surface area contributed by atoms with Crippen LogP contribution in [-0.4, -0.2) is 23.4 Å². The molecule has 0 spiro atoms. The van der Waals surface area contributed by atoms with Crippen LogP contribution in [-0.2, 0) is 0 Å². The Hall–Kier alpha value is -1.04. The maximum Gasteiger partial charge on any atom is 0.130 e. The molecule has 0 saturated carbocycles. The number of hydrogen-bond acceptors (Lipinski definition) is 3. The largest absolute Gasteiger partial charge is 0.324 e. The van der Waals surface area contributed by atoms with Gasteiger partial charge in [-0.2, -0.15) is 5.06 Å². The van der Waals surface area contributed by atoms with Gasteiger partial charge in [-0.25, -0.2) is 8.78 Å². The Labute approximate surface area is 98.8 Å². The third-order valence-electron chi connectivity index (χ3n) is 3.35. The number of hydrogen-bond donors (Lipinski definition) is 2. The van der Waals surface area contributed by atoms with Crippen molar-refractivity contribution in [2.24, 2.45) is 11.7 Å². The molecule has 0 aliphatic carbocycles. The summed E-state index contributed by atoms with van der Waals surface area (Å²) in [5.41, 5.74) is 6.35. The summed E-state index contributed by atoms with van der Waals surface area (Å²) in [6.45, 7) is 1.09. The van der Waals surface area contributed by atoms with Gasteiger partial charge in [-0.3, -0.25) is 0 Å². The molecule has 1 saturated heterocycles. The number of hydroxylamine groups is 2. The zero-order chi connectivity index (χ0) is 12.4. The molecule has 3 nitrogen and oxygen atoms in total. The molecule has 17 heavy (non-hydrogen) atoms. The molecule has 1 heterocycles. The number of benzene rings is 1. The van der Waals surface area contributed by atoms with Gasteiger partial charge >= 0.3 is 0 Å². The van der Waals surface area contributed by atoms with Gasteiger partial charge in [-0.1, -0.05) is 6.07 Å². The van der Waals surface area contributed by atoms with Crippen LogP contribution in [0.3, 0.4) is 0 Å². The standard InChI is InChI=1S/C12H16F2N2O/c13-9-1-2-10(11(14)7-9)12(15)8-3-5-16(17)6-4-8/h1-2,7-8,12,17H,3-6,15H2. The molecule has 3 N–H and O–H groups in total. The van der Waals surface area contributed by atoms with Crippen molar-refractivity contribution in [1.82, 2.24) is 5.06 Å². The molecule has 0 amide bonds. The summed E-state index contributed by atoms with van der Waals surface area (Å²) in [4.78, 5) is 0. The van der Waals surface area contributed by atoms with Crippen molar-refractivity contribution in [2.45, 2.75) is 18.9 Å². The van der Waals surface area contributed by atoms with Crippen LogP contribution >= 0.6 is 0 Å². The Morgan fingerprint density at radius 1 is 1.29 bits per heavy atom. The molecule has 1 atom stereocenters. The van der Waals surface area contributed by atoms with Crippen LogP contribution in [0.15, 0.2) is 18.2 Å². The van der Waals surface area contributed by atoms with Crippen molar-refractivity contribution in [2.75, 3.05) is 13.1 Å². The van der Waals surface area contributed by atoms with Crippen LogP contribution in [0.2, 0.25) is 0 Å². The monoisotopic (exact) mass is 242 g/mol. The Morgan fingerprint density at radius 3 is 2.53 bits per heavy atom. The minimum Gasteiger partial charge on any atom is -0.324 e. The lowest BCUT2D eigenvalue weighted by Gasteiger charge is -2.31. The predicted octanol–water partition coefficient (Wildman–Crippen LogP) is 2.07. The normalized spacial score (nSPS) is 20.5. The highest BCUT2D eigenvalue weighted by Crippen LogP contribution is 2.29. The highest BCUT2D eigenvalue weighted by atomic mass is 19.1. The van der Waals surface area contributed by atoms with Gasteiger partial charge in [0.15, 0.2) is 0 Å². The van der Waals surface area contributed by atoms with Crippen LogP contribution in [0.4, 0.5) is 8.78 Å². The molecular formula is C12H16F2N2O. The fraction of sp³-hybridized carbons (Fsp3) is 0.500. The van der Waals surface area contributed by atoms with E-state index in [9.17, 15) is 14.0 Å². The first-order chi connectivity index (χ1) is 8.08. The highest BCUT2D eigenvalue weighted by molar-refractivity contribution is 5.22. The summed E-state index contributed by atoms with van der Waals surface area (Å²) in [5, 5.41) is 10.5. The first kappa shape index (κ1) is 12.4. The van der Waals surface area contributed by atoms with Gasteiger partial charge in [0.25, 0.3) is 0 Å². The summed E-state index contributed by atoms with van der Waals surface area (Å²) in [6.07, 6.45) is 1.43. The van der Waals surface area contributed by atoms with Crippen molar-refractivity contribution >= 4 is 0 Å². The predicted molar refractivity (Wildman–Crippen MR) is 59.4 cm³/mol. The van der Waals surface area contributed by atoms with Gasteiger partial charge in [-0.15, -0.1) is 0 Å². The van der Waals surface area contributed by atoms with Crippen LogP contribution in [0.5, 0.6) is 0 Å². The fourth-order valence-electron chi connectivity index (χ4n) is 2.27. The third-order valence-corrected chi connectivity index (χ3v) is 3.35. The van der Waals surface area contributed by atoms with Gasteiger partial charge in [-0.05, 0) is 24.8 Å². The molecular weight excluding hydrogens is 226 g/mol. The van der Waals surface area contributed by atoms with E-state index >= 15 is 0 Å². The summed E-state index contributed by atoms with van der Waals surface area (Å²) in [7, 11) is 0. The molecule has 94 valence electrons. The minimum absolute atomic E-state index is 0.123. The van der Waals surface area contributed by atoms with Crippen molar-refractivity contribution in [1.29, 1.82) is 0 Å². The van der Waals surface area contributed by atoms with E-state index in [-0.39, 0.29) is 5.92 Å². The van der Waals surface area contributed by atoms with E-state index in [0.29, 0.717) is 31.5 Å². The Kier molecular flexibility index (Phi) is 3.71. The zero-order valence-electron chi connectivity index (χ0n) is 9.44. The van der Waals surface area contributed by atoms with Crippen LogP contribution in [0, 0.1) is 17.6 Å². The van der Waals surface area contributed by atoms with E-state index in [1.54, 1.807) is 0 Å². The molecule has 2 rings (SSSR count). The number of nitrogens with zero attached hydrogens (tertiary/aromatic N) is 1. The summed E-state index contributed by atoms with van der Waals surface area (Å²) >= 11 is 0. The van der Waals surface area contributed by atoms with Gasteiger partial charge in [0, 0.05) is 30.8 Å². The Bertz CT molecular complexity index is 392. The lowest BCUT2D eigenvalue weighted by atomic mass is 9.86. The maximum atomic E-state index is 13.6. The van der Waals surface area contributed by atoms with Gasteiger partial charge < -0.3 is 10.9 Å². The van der Waals surface area contributed by atoms with Crippen LogP contribution in [0.25, 0.3) is 0 Å². The molecule has 5 heteroatoms. The second kappa shape index (κ2) is 5.08. The number of halogens is 2. The molecule has 0 aromatic heterocycles. The van der Waals surface area contributed by atoms with E-state index in [4.69, 9.17) is 5.73 Å². The van der Waals surface area contributed by atoms with Crippen LogP contribution in [0.1, 0.15) is 24.4 Å². The average Bonchev–Trinajstić information content (AvgIpc) is 2.29. The van der Waals surface area contributed by atoms with Gasteiger partial charge in [0.05, 0.1) is 0 Å². The SMILES string of the molecule is NC(c1ccc(F)cc1F)C1CCN(O)CC1. The lowest BCUT2D eigenvalue weighted by Crippen LogP contribution is -2.35. The van der Waals surface area contributed by atoms with E-state index < -0.39 is 17.7 Å². The quantitative estimate of drug-likeness (QED) is 0.834. The van der Waals surface area contributed by atoms with E-state index in [0.717, 1.165) is 6.07 Å². The molecule has 1 aromatic carbocycles. The fourth-order valence-corrected chi connectivity index (χ4v) is 2.27. The molecule has 1 unspecified atom stereocenters. The van der Waals surface area contributed by atoms with Crippen molar-refractivity contribution in [3.8, 4) is 0 Å². The lowest BCUT2D eigenvalue weighted by molar-refractivity contribution is -0.113. The minimum atomic E-state index is -0.594. The Balaban J connectivity index is 2.11. The van der Waals surface area contributed by atoms with E-state index in [2.05, 4.69) is 0 Å². The molecule has 0 radical (unpaired) electrons. The number of rotatable bonds is 2. The average molecular weight is 242 g/mol. The third kappa shape index (κ3) is 2.80. The van der Waals surface area contributed by atoms with E-state index in [1.165, 1.54) is 17.2 Å². The summed E-state index contributed by atoms with van der Waals surface area (Å²) < 4.78 is 26.3. The van der Waals surface area contributed by atoms with Crippen LogP contribution < -0.4 is 5.73 Å². The smallest absolute Gasteiger partial charge is 0.130 e. The first-order valence-corrected chi connectivity index (χ1v) is 5.72. The van der Waals surface area contributed by atoms with Crippen molar-refractivity contribution in [3.05, 3.63) is 35.4 Å². The first-order valence-electron chi connectivity index (χ1n) is 5.72. The molecule has 1 aliphatic heterocycles. The van der Waals surface area contributed by atoms with E-state index in [1.807, 2.05) is 0 Å². The summed E-state index contributed by atoms with van der Waals surface area (Å²) in [6, 6.07) is 3.04. The molecule has 0 bridgehead atoms. The second-order valence-electron chi connectivity index (χ2n) is 4.48. The number of nitrogens with two attached hydrogens (primary N) is 1. The topological polar surface area (TPSA) is 49.5 Å². The number of piperidine rings is 1. The van der Waals surface area contributed by atoms with Crippen molar-refractivity contribution in [3.63, 3.8) is 0 Å². The van der Waals surface area contributed by atoms with Gasteiger partial charge in [0.1, 0.15) is 11.6 Å². The Morgan fingerprint density at radius 2 is 1.94 bits per heavy atom. The molecule has 1 aliphatic rings.